The van der Waals surface area contributed by atoms with Crippen LogP contribution in [0.25, 0.3) is 5.70 Å². The fourth-order valence-electron chi connectivity index (χ4n) is 1.42. The SMILES string of the molecule is CC/C(C=N)=C(/NC)c1csc(C(=O)O)c1. The summed E-state index contributed by atoms with van der Waals surface area (Å²) in [5, 5.41) is 20.9. The number of hydrogen-bond donors (Lipinski definition) is 3. The molecule has 1 rings (SSSR count). The zero-order valence-corrected chi connectivity index (χ0v) is 10.0. The fraction of sp³-hybridized carbons (Fsp3) is 0.273. The van der Waals surface area contributed by atoms with Crippen molar-refractivity contribution < 1.29 is 9.90 Å². The minimum Gasteiger partial charge on any atom is -0.477 e. The van der Waals surface area contributed by atoms with Crippen LogP contribution in [0.1, 0.15) is 28.6 Å². The summed E-state index contributed by atoms with van der Waals surface area (Å²) in [6.45, 7) is 1.96. The first-order chi connectivity index (χ1) is 7.63. The van der Waals surface area contributed by atoms with Crippen molar-refractivity contribution in [1.82, 2.24) is 5.32 Å². The number of carboxylic acid groups (broad SMARTS) is 1. The molecule has 0 spiro atoms. The topological polar surface area (TPSA) is 73.2 Å². The van der Waals surface area contributed by atoms with Gasteiger partial charge in [-0.1, -0.05) is 6.92 Å². The van der Waals surface area contributed by atoms with Gasteiger partial charge in [-0.25, -0.2) is 4.79 Å². The van der Waals surface area contributed by atoms with E-state index in [4.69, 9.17) is 10.5 Å². The van der Waals surface area contributed by atoms with Crippen molar-refractivity contribution >= 4 is 29.2 Å². The van der Waals surface area contributed by atoms with Crippen LogP contribution < -0.4 is 5.32 Å². The molecule has 4 nitrogen and oxygen atoms in total. The van der Waals surface area contributed by atoms with Gasteiger partial charge in [-0.05, 0) is 18.1 Å². The van der Waals surface area contributed by atoms with Gasteiger partial charge in [-0.2, -0.15) is 0 Å². The molecule has 3 N–H and O–H groups in total. The maximum Gasteiger partial charge on any atom is 0.345 e. The van der Waals surface area contributed by atoms with Gasteiger partial charge in [-0.3, -0.25) is 0 Å². The first kappa shape index (κ1) is 12.4. The van der Waals surface area contributed by atoms with Crippen molar-refractivity contribution in [3.05, 3.63) is 27.5 Å². The van der Waals surface area contributed by atoms with Crippen LogP contribution in [0.3, 0.4) is 0 Å². The maximum atomic E-state index is 10.8. The number of nitrogens with one attached hydrogen (secondary N) is 2. The summed E-state index contributed by atoms with van der Waals surface area (Å²) in [5.74, 6) is -0.917. The standard InChI is InChI=1S/C11H14N2O2S/c1-3-7(5-12)10(13-2)8-4-9(11(14)15)16-6-8/h4-6,12-13H,3H2,1-2H3,(H,14,15)/b10-7-,12-5?. The van der Waals surface area contributed by atoms with Crippen molar-refractivity contribution in [2.24, 2.45) is 0 Å². The Bertz CT molecular complexity index is 435. The average Bonchev–Trinajstić information content (AvgIpc) is 2.74. The van der Waals surface area contributed by atoms with Gasteiger partial charge in [0.2, 0.25) is 0 Å². The monoisotopic (exact) mass is 238 g/mol. The van der Waals surface area contributed by atoms with Crippen molar-refractivity contribution in [1.29, 1.82) is 5.41 Å². The molecule has 86 valence electrons. The first-order valence-corrected chi connectivity index (χ1v) is 5.75. The summed E-state index contributed by atoms with van der Waals surface area (Å²) in [7, 11) is 1.77. The molecular weight excluding hydrogens is 224 g/mol. The Labute approximate surface area is 98.1 Å². The lowest BCUT2D eigenvalue weighted by Gasteiger charge is -2.08. The van der Waals surface area contributed by atoms with Crippen LogP contribution >= 0.6 is 11.3 Å². The van der Waals surface area contributed by atoms with Crippen LogP contribution in [0, 0.1) is 5.41 Å². The Morgan fingerprint density at radius 2 is 2.38 bits per heavy atom. The molecule has 0 radical (unpaired) electrons. The highest BCUT2D eigenvalue weighted by atomic mass is 32.1. The van der Waals surface area contributed by atoms with Crippen molar-refractivity contribution in [3.63, 3.8) is 0 Å². The number of rotatable bonds is 5. The minimum atomic E-state index is -0.917. The van der Waals surface area contributed by atoms with E-state index >= 15 is 0 Å². The third-order valence-corrected chi connectivity index (χ3v) is 3.14. The van der Waals surface area contributed by atoms with Crippen LogP contribution in [0.4, 0.5) is 0 Å². The molecule has 0 saturated carbocycles. The average molecular weight is 238 g/mol. The van der Waals surface area contributed by atoms with E-state index < -0.39 is 5.97 Å². The molecule has 1 aromatic rings. The molecular formula is C11H14N2O2S. The highest BCUT2D eigenvalue weighted by Gasteiger charge is 2.11. The molecule has 1 aromatic heterocycles. The number of carbonyl (C=O) groups is 1. The van der Waals surface area contributed by atoms with Gasteiger partial charge in [-0.15, -0.1) is 11.3 Å². The number of thiophene rings is 1. The summed E-state index contributed by atoms with van der Waals surface area (Å²) < 4.78 is 0. The number of carboxylic acids is 1. The van der Waals surface area contributed by atoms with Crippen molar-refractivity contribution in [2.45, 2.75) is 13.3 Å². The van der Waals surface area contributed by atoms with Gasteiger partial charge in [0, 0.05) is 29.9 Å². The Hall–Kier alpha value is -1.62. The zero-order valence-electron chi connectivity index (χ0n) is 9.20. The fourth-order valence-corrected chi connectivity index (χ4v) is 2.16. The summed E-state index contributed by atoms with van der Waals surface area (Å²) >= 11 is 1.19. The predicted octanol–water partition coefficient (Wildman–Crippen LogP) is 2.44. The second kappa shape index (κ2) is 5.46. The largest absolute Gasteiger partial charge is 0.477 e. The maximum absolute atomic E-state index is 10.8. The Kier molecular flexibility index (Phi) is 4.25. The molecule has 0 aliphatic heterocycles. The van der Waals surface area contributed by atoms with E-state index in [-0.39, 0.29) is 0 Å². The lowest BCUT2D eigenvalue weighted by molar-refractivity contribution is 0.0702. The second-order valence-corrected chi connectivity index (χ2v) is 4.06. The van der Waals surface area contributed by atoms with E-state index in [9.17, 15) is 4.79 Å². The molecule has 5 heteroatoms. The predicted molar refractivity (Wildman–Crippen MR) is 66.3 cm³/mol. The van der Waals surface area contributed by atoms with Crippen molar-refractivity contribution in [2.75, 3.05) is 7.05 Å². The molecule has 0 bridgehead atoms. The highest BCUT2D eigenvalue weighted by molar-refractivity contribution is 7.12. The molecule has 0 amide bonds. The van der Waals surface area contributed by atoms with Crippen LogP contribution in [-0.2, 0) is 0 Å². The third kappa shape index (κ3) is 2.49. The van der Waals surface area contributed by atoms with Crippen LogP contribution in [0.5, 0.6) is 0 Å². The third-order valence-electron chi connectivity index (χ3n) is 2.23. The normalized spacial score (nSPS) is 11.9. The van der Waals surface area contributed by atoms with E-state index in [2.05, 4.69) is 5.32 Å². The Morgan fingerprint density at radius 1 is 1.69 bits per heavy atom. The quantitative estimate of drug-likeness (QED) is 0.690. The van der Waals surface area contributed by atoms with Gasteiger partial charge in [0.15, 0.2) is 0 Å². The summed E-state index contributed by atoms with van der Waals surface area (Å²) in [5.41, 5.74) is 2.50. The molecule has 0 fully saturated rings. The molecule has 16 heavy (non-hydrogen) atoms. The van der Waals surface area contributed by atoms with Crippen LogP contribution in [0.2, 0.25) is 0 Å². The van der Waals surface area contributed by atoms with Crippen molar-refractivity contribution in [3.8, 4) is 0 Å². The molecule has 1 heterocycles. The number of hydrogen-bond acceptors (Lipinski definition) is 4. The lowest BCUT2D eigenvalue weighted by Crippen LogP contribution is -2.08. The Balaban J connectivity index is 3.18. The minimum absolute atomic E-state index is 0.309. The van der Waals surface area contributed by atoms with Gasteiger partial charge < -0.3 is 15.8 Å². The van der Waals surface area contributed by atoms with Gasteiger partial charge in [0.25, 0.3) is 0 Å². The van der Waals surface area contributed by atoms with E-state index in [1.807, 2.05) is 6.92 Å². The first-order valence-electron chi connectivity index (χ1n) is 4.87. The van der Waals surface area contributed by atoms with E-state index in [1.165, 1.54) is 17.6 Å². The summed E-state index contributed by atoms with van der Waals surface area (Å²) in [6, 6.07) is 1.62. The number of aromatic carboxylic acids is 1. The molecule has 0 atom stereocenters. The summed E-state index contributed by atoms with van der Waals surface area (Å²) in [6.07, 6.45) is 2.03. The van der Waals surface area contributed by atoms with Crippen LogP contribution in [0.15, 0.2) is 17.0 Å². The molecule has 0 aliphatic rings. The van der Waals surface area contributed by atoms with E-state index in [0.29, 0.717) is 4.88 Å². The zero-order chi connectivity index (χ0) is 12.1. The van der Waals surface area contributed by atoms with Gasteiger partial charge in [0.05, 0.1) is 0 Å². The molecule has 0 saturated heterocycles. The summed E-state index contributed by atoms with van der Waals surface area (Å²) in [4.78, 5) is 11.1. The molecule has 0 unspecified atom stereocenters. The smallest absolute Gasteiger partial charge is 0.345 e. The molecule has 0 aliphatic carbocycles. The van der Waals surface area contributed by atoms with Crippen LogP contribution in [-0.4, -0.2) is 24.3 Å². The Morgan fingerprint density at radius 3 is 2.75 bits per heavy atom. The van der Waals surface area contributed by atoms with Gasteiger partial charge >= 0.3 is 5.97 Å². The van der Waals surface area contributed by atoms with E-state index in [1.54, 1.807) is 18.5 Å². The second-order valence-electron chi connectivity index (χ2n) is 3.15. The number of allylic oxidation sites excluding steroid dienone is 1. The molecule has 0 aromatic carbocycles. The highest BCUT2D eigenvalue weighted by Crippen LogP contribution is 2.23. The van der Waals surface area contributed by atoms with E-state index in [0.717, 1.165) is 23.3 Å². The lowest BCUT2D eigenvalue weighted by atomic mass is 10.1. The van der Waals surface area contributed by atoms with Gasteiger partial charge in [0.1, 0.15) is 4.88 Å².